The summed E-state index contributed by atoms with van der Waals surface area (Å²) in [4.78, 5) is 2.33. The first-order valence-electron chi connectivity index (χ1n) is 6.68. The summed E-state index contributed by atoms with van der Waals surface area (Å²) in [5.74, 6) is 0.981. The second-order valence-electron chi connectivity index (χ2n) is 4.90. The average Bonchev–Trinajstić information content (AvgIpc) is 2.90. The molecule has 0 spiro atoms. The number of piperidine rings is 1. The van der Waals surface area contributed by atoms with Crippen molar-refractivity contribution in [2.24, 2.45) is 5.10 Å². The first-order chi connectivity index (χ1) is 9.33. The Hall–Kier alpha value is -1.46. The topological polar surface area (TPSA) is 42.9 Å². The molecular weight excluding hydrogens is 262 g/mol. The molecule has 0 aromatic heterocycles. The molecular formula is C13H18ClN5. The first-order valence-corrected chi connectivity index (χ1v) is 7.06. The lowest BCUT2D eigenvalue weighted by Crippen LogP contribution is -2.48. The van der Waals surface area contributed by atoms with Gasteiger partial charge in [-0.2, -0.15) is 0 Å². The number of nitrogens with one attached hydrogen (secondary N) is 2. The minimum absolute atomic E-state index is 0.763. The molecule has 2 N–H and O–H groups in total. The summed E-state index contributed by atoms with van der Waals surface area (Å²) in [6.45, 7) is 2.93. The van der Waals surface area contributed by atoms with Crippen LogP contribution in [-0.2, 0) is 6.54 Å². The summed E-state index contributed by atoms with van der Waals surface area (Å²) in [5, 5.41) is 7.14. The largest absolute Gasteiger partial charge is 0.340 e. The van der Waals surface area contributed by atoms with Gasteiger partial charge in [0.25, 0.3) is 0 Å². The molecule has 19 heavy (non-hydrogen) atoms. The van der Waals surface area contributed by atoms with E-state index in [1.54, 1.807) is 0 Å². The molecule has 5 nitrogen and oxygen atoms in total. The maximum Gasteiger partial charge on any atom is 0.236 e. The highest BCUT2D eigenvalue weighted by molar-refractivity contribution is 6.30. The summed E-state index contributed by atoms with van der Waals surface area (Å²) >= 11 is 5.91. The van der Waals surface area contributed by atoms with Crippen molar-refractivity contribution in [3.05, 3.63) is 34.9 Å². The zero-order chi connectivity index (χ0) is 13.1. The molecule has 0 atom stereocenters. The van der Waals surface area contributed by atoms with Crippen molar-refractivity contribution in [2.45, 2.75) is 25.8 Å². The van der Waals surface area contributed by atoms with Crippen LogP contribution in [-0.4, -0.2) is 29.0 Å². The van der Waals surface area contributed by atoms with Crippen molar-refractivity contribution < 1.29 is 0 Å². The van der Waals surface area contributed by atoms with E-state index in [1.165, 1.54) is 24.8 Å². The van der Waals surface area contributed by atoms with E-state index >= 15 is 0 Å². The third-order valence-corrected chi connectivity index (χ3v) is 3.73. The SMILES string of the molecule is Clc1ccc(CN2NNN=C2N2CCCCC2)cc1. The molecule has 102 valence electrons. The number of hydrogen-bond donors (Lipinski definition) is 2. The highest BCUT2D eigenvalue weighted by Gasteiger charge is 2.24. The molecule has 6 heteroatoms. The number of guanidine groups is 1. The molecule has 2 heterocycles. The Balaban J connectivity index is 1.67. The fourth-order valence-electron chi connectivity index (χ4n) is 2.46. The highest BCUT2D eigenvalue weighted by atomic mass is 35.5. The lowest BCUT2D eigenvalue weighted by atomic mass is 10.1. The van der Waals surface area contributed by atoms with E-state index in [2.05, 4.69) is 21.1 Å². The van der Waals surface area contributed by atoms with Gasteiger partial charge in [0.2, 0.25) is 5.96 Å². The summed E-state index contributed by atoms with van der Waals surface area (Å²) in [6, 6.07) is 7.91. The lowest BCUT2D eigenvalue weighted by Gasteiger charge is -2.32. The van der Waals surface area contributed by atoms with Crippen molar-refractivity contribution in [1.29, 1.82) is 0 Å². The molecule has 1 aromatic carbocycles. The molecule has 1 saturated heterocycles. The van der Waals surface area contributed by atoms with Crippen LogP contribution in [0, 0.1) is 0 Å². The van der Waals surface area contributed by atoms with Gasteiger partial charge in [-0.15, -0.1) is 10.6 Å². The minimum Gasteiger partial charge on any atom is -0.340 e. The van der Waals surface area contributed by atoms with Crippen LogP contribution in [0.1, 0.15) is 24.8 Å². The number of hydrazine groups is 2. The number of halogens is 1. The molecule has 0 saturated carbocycles. The summed E-state index contributed by atoms with van der Waals surface area (Å²) in [6.07, 6.45) is 3.81. The Labute approximate surface area is 118 Å². The quantitative estimate of drug-likeness (QED) is 0.868. The normalized spacial score (nSPS) is 19.3. The smallest absolute Gasteiger partial charge is 0.236 e. The third kappa shape index (κ3) is 2.93. The van der Waals surface area contributed by atoms with Gasteiger partial charge in [-0.05, 0) is 37.0 Å². The van der Waals surface area contributed by atoms with Crippen molar-refractivity contribution in [1.82, 2.24) is 21.0 Å². The first kappa shape index (κ1) is 12.6. The summed E-state index contributed by atoms with van der Waals surface area (Å²) in [7, 11) is 0. The van der Waals surface area contributed by atoms with Gasteiger partial charge in [-0.1, -0.05) is 23.7 Å². The number of rotatable bonds is 2. The highest BCUT2D eigenvalue weighted by Crippen LogP contribution is 2.15. The monoisotopic (exact) mass is 279 g/mol. The summed E-state index contributed by atoms with van der Waals surface area (Å²) < 4.78 is 0. The van der Waals surface area contributed by atoms with Crippen LogP contribution in [0.5, 0.6) is 0 Å². The lowest BCUT2D eigenvalue weighted by molar-refractivity contribution is 0.236. The summed E-state index contributed by atoms with van der Waals surface area (Å²) in [5.41, 5.74) is 7.12. The number of hydrogen-bond acceptors (Lipinski definition) is 5. The van der Waals surface area contributed by atoms with Crippen LogP contribution in [0.25, 0.3) is 0 Å². The number of likely N-dealkylation sites (tertiary alicyclic amines) is 1. The predicted octanol–water partition coefficient (Wildman–Crippen LogP) is 1.92. The fourth-order valence-corrected chi connectivity index (χ4v) is 2.59. The maximum atomic E-state index is 5.91. The van der Waals surface area contributed by atoms with Gasteiger partial charge >= 0.3 is 0 Å². The molecule has 0 amide bonds. The van der Waals surface area contributed by atoms with Crippen molar-refractivity contribution >= 4 is 17.6 Å². The van der Waals surface area contributed by atoms with E-state index in [-0.39, 0.29) is 0 Å². The van der Waals surface area contributed by atoms with Crippen LogP contribution in [0.4, 0.5) is 0 Å². The standard InChI is InChI=1S/C13H18ClN5/c14-12-6-4-11(5-7-12)10-19-13(15-16-17-19)18-8-2-1-3-9-18/h4-7,16-17H,1-3,8-10H2. The second kappa shape index (κ2) is 5.67. The molecule has 0 aliphatic carbocycles. The Kier molecular flexibility index (Phi) is 3.75. The second-order valence-corrected chi connectivity index (χ2v) is 5.33. The molecule has 0 bridgehead atoms. The molecule has 1 fully saturated rings. The van der Waals surface area contributed by atoms with Crippen LogP contribution in [0.15, 0.2) is 29.4 Å². The van der Waals surface area contributed by atoms with Crippen LogP contribution >= 0.6 is 11.6 Å². The fraction of sp³-hybridized carbons (Fsp3) is 0.462. The average molecular weight is 280 g/mol. The van der Waals surface area contributed by atoms with Crippen molar-refractivity contribution in [3.63, 3.8) is 0 Å². The Morgan fingerprint density at radius 2 is 1.84 bits per heavy atom. The van der Waals surface area contributed by atoms with Crippen molar-refractivity contribution in [3.8, 4) is 0 Å². The van der Waals surface area contributed by atoms with E-state index in [9.17, 15) is 0 Å². The maximum absolute atomic E-state index is 5.91. The van der Waals surface area contributed by atoms with Crippen LogP contribution < -0.4 is 11.1 Å². The molecule has 0 radical (unpaired) electrons. The van der Waals surface area contributed by atoms with Gasteiger partial charge in [0, 0.05) is 18.1 Å². The molecule has 0 unspecified atom stereocenters. The van der Waals surface area contributed by atoms with E-state index in [0.29, 0.717) is 0 Å². The molecule has 2 aliphatic heterocycles. The zero-order valence-corrected chi connectivity index (χ0v) is 11.5. The Morgan fingerprint density at radius 3 is 2.58 bits per heavy atom. The van der Waals surface area contributed by atoms with Gasteiger partial charge in [0.05, 0.1) is 6.54 Å². The van der Waals surface area contributed by atoms with Gasteiger partial charge < -0.3 is 4.90 Å². The molecule has 3 rings (SSSR count). The minimum atomic E-state index is 0.763. The van der Waals surface area contributed by atoms with Crippen LogP contribution in [0.2, 0.25) is 5.02 Å². The van der Waals surface area contributed by atoms with Gasteiger partial charge in [0.1, 0.15) is 0 Å². The Morgan fingerprint density at radius 1 is 1.11 bits per heavy atom. The van der Waals surface area contributed by atoms with Crippen molar-refractivity contribution in [2.75, 3.05) is 13.1 Å². The number of benzene rings is 1. The number of nitrogens with zero attached hydrogens (tertiary/aromatic N) is 3. The third-order valence-electron chi connectivity index (χ3n) is 3.48. The van der Waals surface area contributed by atoms with Crippen LogP contribution in [0.3, 0.4) is 0 Å². The predicted molar refractivity (Wildman–Crippen MR) is 76.1 cm³/mol. The molecule has 1 aromatic rings. The number of hydrazone groups is 1. The van der Waals surface area contributed by atoms with Gasteiger partial charge in [0.15, 0.2) is 0 Å². The van der Waals surface area contributed by atoms with E-state index in [1.807, 2.05) is 29.3 Å². The Bertz CT molecular complexity index is 453. The van der Waals surface area contributed by atoms with E-state index in [4.69, 9.17) is 11.6 Å². The van der Waals surface area contributed by atoms with E-state index in [0.717, 1.165) is 30.6 Å². The van der Waals surface area contributed by atoms with Gasteiger partial charge in [-0.25, -0.2) is 5.53 Å². The zero-order valence-electron chi connectivity index (χ0n) is 10.8. The molecule has 2 aliphatic rings. The van der Waals surface area contributed by atoms with Gasteiger partial charge in [-0.3, -0.25) is 5.01 Å². The van der Waals surface area contributed by atoms with E-state index < -0.39 is 0 Å².